The van der Waals surface area contributed by atoms with Gasteiger partial charge in [0.25, 0.3) is 0 Å². The summed E-state index contributed by atoms with van der Waals surface area (Å²) >= 11 is 0. The second-order valence-electron chi connectivity index (χ2n) is 1.33. The van der Waals surface area contributed by atoms with Crippen molar-refractivity contribution in [3.05, 3.63) is 0 Å². The third-order valence-electron chi connectivity index (χ3n) is 0.714. The van der Waals surface area contributed by atoms with E-state index in [2.05, 4.69) is 0 Å². The summed E-state index contributed by atoms with van der Waals surface area (Å²) in [6, 6.07) is 0. The van der Waals surface area contributed by atoms with E-state index < -0.39 is 0 Å². The van der Waals surface area contributed by atoms with Gasteiger partial charge in [0.15, 0.2) is 11.6 Å². The molecule has 0 aliphatic carbocycles. The summed E-state index contributed by atoms with van der Waals surface area (Å²) in [6.07, 6.45) is 0.329. The van der Waals surface area contributed by atoms with E-state index in [1.165, 1.54) is 6.92 Å². The Labute approximate surface area is 82.4 Å². The van der Waals surface area contributed by atoms with Gasteiger partial charge in [0.2, 0.25) is 0 Å². The maximum absolute atomic E-state index is 10.2. The Kier molecular flexibility index (Phi) is 8.41. The van der Waals surface area contributed by atoms with Crippen LogP contribution in [0.2, 0.25) is 0 Å². The molecule has 0 heterocycles. The fraction of sp³-hybridized carbons (Fsp3) is 0.600. The summed E-state index contributed by atoms with van der Waals surface area (Å²) in [5.41, 5.74) is 0. The molecule has 0 rings (SSSR count). The van der Waals surface area contributed by atoms with Crippen molar-refractivity contribution >= 4 is 11.6 Å². The Bertz CT molecular complexity index is 98.6. The largest absolute Gasteiger partial charge is 3.00 e. The molecule has 3 heteroatoms. The van der Waals surface area contributed by atoms with Gasteiger partial charge >= 0.3 is 41.7 Å². The monoisotopic (exact) mass is 240 g/mol. The number of rotatable bonds is 2. The molecule has 0 saturated carbocycles. The van der Waals surface area contributed by atoms with Crippen molar-refractivity contribution in [1.82, 2.24) is 0 Å². The average Bonchev–Trinajstić information content (AvgIpc) is 1.65. The maximum atomic E-state index is 10.2. The molecule has 41 valence electrons. The van der Waals surface area contributed by atoms with Crippen LogP contribution in [0.3, 0.4) is 0 Å². The van der Waals surface area contributed by atoms with Crippen molar-refractivity contribution in [2.45, 2.75) is 20.3 Å². The molecule has 0 aromatic heterocycles. The minimum Gasteiger partial charge on any atom is -0.291 e. The summed E-state index contributed by atoms with van der Waals surface area (Å²) in [6.45, 7) is 2.95. The van der Waals surface area contributed by atoms with E-state index in [1.54, 1.807) is 6.92 Å². The van der Waals surface area contributed by atoms with Gasteiger partial charge in [0, 0.05) is 13.3 Å². The van der Waals surface area contributed by atoms with Crippen LogP contribution < -0.4 is 0 Å². The molecule has 0 atom stereocenters. The summed E-state index contributed by atoms with van der Waals surface area (Å²) in [7, 11) is 0. The van der Waals surface area contributed by atoms with Crippen molar-refractivity contribution in [2.75, 3.05) is 0 Å². The van der Waals surface area contributed by atoms with Gasteiger partial charge in [-0.1, -0.05) is 6.92 Å². The first-order valence-corrected chi connectivity index (χ1v) is 2.22. The molecule has 0 bridgehead atoms. The van der Waals surface area contributed by atoms with Crippen LogP contribution in [0.5, 0.6) is 0 Å². The topological polar surface area (TPSA) is 34.1 Å². The number of Topliss-reactive ketones (excluding diaryl/α,β-unsaturated/α-hetero) is 2. The minimum absolute atomic E-state index is 0. The Hall–Kier alpha value is 0.717. The third-order valence-corrected chi connectivity index (χ3v) is 0.714. The predicted octanol–water partition coefficient (Wildman–Crippen LogP) is 0.554. The van der Waals surface area contributed by atoms with Crippen molar-refractivity contribution in [3.63, 3.8) is 0 Å². The van der Waals surface area contributed by atoms with Crippen LogP contribution in [0.25, 0.3) is 0 Å². The van der Waals surface area contributed by atoms with E-state index in [-0.39, 0.29) is 53.3 Å². The fourth-order valence-electron chi connectivity index (χ4n) is 0.249. The van der Waals surface area contributed by atoms with Gasteiger partial charge in [-0.2, -0.15) is 0 Å². The molecule has 0 unspecified atom stereocenters. The molecule has 8 heavy (non-hydrogen) atoms. The smallest absolute Gasteiger partial charge is 0.291 e. The van der Waals surface area contributed by atoms with E-state index >= 15 is 0 Å². The molecule has 2 nitrogen and oxygen atoms in total. The van der Waals surface area contributed by atoms with Crippen LogP contribution in [0.4, 0.5) is 0 Å². The van der Waals surface area contributed by atoms with E-state index in [0.29, 0.717) is 6.42 Å². The Morgan fingerprint density at radius 2 is 1.75 bits per heavy atom. The molecule has 0 amide bonds. The van der Waals surface area contributed by atoms with Gasteiger partial charge in [-0.15, -0.1) is 0 Å². The zero-order chi connectivity index (χ0) is 5.86. The summed E-state index contributed by atoms with van der Waals surface area (Å²) in [4.78, 5) is 20.2. The van der Waals surface area contributed by atoms with Crippen LogP contribution in [0.15, 0.2) is 0 Å². The van der Waals surface area contributed by atoms with Crippen molar-refractivity contribution in [2.24, 2.45) is 0 Å². The van der Waals surface area contributed by atoms with E-state index in [4.69, 9.17) is 0 Å². The normalized spacial score (nSPS) is 7.25. The zero-order valence-electron chi connectivity index (χ0n) is 5.02. The number of carbonyl (C=O) groups is 2. The van der Waals surface area contributed by atoms with Gasteiger partial charge in [-0.3, -0.25) is 9.59 Å². The minimum atomic E-state index is -0.345. The third kappa shape index (κ3) is 4.87. The number of hydrogen-bond acceptors (Lipinski definition) is 2. The number of ketones is 2. The predicted molar refractivity (Wildman–Crippen MR) is 26.0 cm³/mol. The molecule has 1 radical (unpaired) electrons. The molecule has 0 fully saturated rings. The molecule has 0 aromatic carbocycles. The van der Waals surface area contributed by atoms with Crippen molar-refractivity contribution in [1.29, 1.82) is 0 Å². The molecular weight excluding hydrogens is 232 g/mol. The zero-order valence-corrected chi connectivity index (χ0v) is 8.16. The Morgan fingerprint density at radius 3 is 1.75 bits per heavy atom. The average molecular weight is 240 g/mol. The number of carbonyl (C=O) groups excluding carboxylic acids is 2. The molecule has 0 aliphatic heterocycles. The van der Waals surface area contributed by atoms with Crippen molar-refractivity contribution < 1.29 is 51.3 Å². The first-order valence-electron chi connectivity index (χ1n) is 2.22. The first kappa shape index (κ1) is 11.5. The second kappa shape index (κ2) is 5.85. The Morgan fingerprint density at radius 1 is 1.38 bits per heavy atom. The molecular formula is C5H8CeO2+3. The molecule has 0 aromatic rings. The Balaban J connectivity index is 0. The summed E-state index contributed by atoms with van der Waals surface area (Å²) in [5, 5.41) is 0. The van der Waals surface area contributed by atoms with Gasteiger partial charge in [0.05, 0.1) is 0 Å². The van der Waals surface area contributed by atoms with Gasteiger partial charge in [-0.25, -0.2) is 0 Å². The van der Waals surface area contributed by atoms with Crippen LogP contribution in [0.1, 0.15) is 20.3 Å². The molecule has 0 aliphatic rings. The van der Waals surface area contributed by atoms with Crippen LogP contribution >= 0.6 is 0 Å². The SMILES string of the molecule is CCC(=O)C(C)=O.[Ce+3]. The maximum Gasteiger partial charge on any atom is 3.00 e. The fourth-order valence-corrected chi connectivity index (χ4v) is 0.249. The standard InChI is InChI=1S/C5H8O2.Ce/c1-3-5(7)4(2)6;/h3H2,1-2H3;/q;+3. The first-order chi connectivity index (χ1) is 3.18. The molecule has 0 spiro atoms. The van der Waals surface area contributed by atoms with E-state index in [0.717, 1.165) is 0 Å². The quantitative estimate of drug-likeness (QED) is 0.661. The number of hydrogen-bond donors (Lipinski definition) is 0. The molecule has 0 saturated heterocycles. The van der Waals surface area contributed by atoms with Gasteiger partial charge in [-0.05, 0) is 0 Å². The second-order valence-corrected chi connectivity index (χ2v) is 1.33. The summed E-state index contributed by atoms with van der Waals surface area (Å²) < 4.78 is 0. The summed E-state index contributed by atoms with van der Waals surface area (Å²) in [5.74, 6) is -0.637. The van der Waals surface area contributed by atoms with E-state index in [9.17, 15) is 9.59 Å². The molecule has 0 N–H and O–H groups in total. The van der Waals surface area contributed by atoms with Crippen LogP contribution in [0, 0.1) is 41.7 Å². The van der Waals surface area contributed by atoms with Crippen LogP contribution in [-0.4, -0.2) is 11.6 Å². The van der Waals surface area contributed by atoms with Gasteiger partial charge < -0.3 is 0 Å². The van der Waals surface area contributed by atoms with Gasteiger partial charge in [0.1, 0.15) is 0 Å². The van der Waals surface area contributed by atoms with Crippen LogP contribution in [-0.2, 0) is 9.59 Å². The van der Waals surface area contributed by atoms with E-state index in [1.807, 2.05) is 0 Å². The van der Waals surface area contributed by atoms with Crippen molar-refractivity contribution in [3.8, 4) is 0 Å².